The monoisotopic (exact) mass is 246 g/mol. The van der Waals surface area contributed by atoms with Crippen LogP contribution in [0.2, 0.25) is 0 Å². The average Bonchev–Trinajstić information content (AvgIpc) is 2.65. The van der Waals surface area contributed by atoms with Gasteiger partial charge in [0.05, 0.1) is 6.42 Å². The maximum absolute atomic E-state index is 11.6. The van der Waals surface area contributed by atoms with Gasteiger partial charge in [-0.25, -0.2) is 0 Å². The first kappa shape index (κ1) is 12.4. The molecule has 0 aliphatic rings. The van der Waals surface area contributed by atoms with Gasteiger partial charge in [-0.2, -0.15) is 11.3 Å². The summed E-state index contributed by atoms with van der Waals surface area (Å²) in [4.78, 5) is 10.4. The standard InChI is InChI=1S/C10H14O3S2/c1-8(6-10(11)12)15(13)5-3-9-2-4-14-7-9/h2,4,7-8H,3,5-6H2,1H3,(H,11,12). The lowest BCUT2D eigenvalue weighted by Crippen LogP contribution is -2.18. The van der Waals surface area contributed by atoms with Crippen LogP contribution in [-0.2, 0) is 22.0 Å². The minimum absolute atomic E-state index is 0.0176. The molecule has 5 heteroatoms. The van der Waals surface area contributed by atoms with Crippen molar-refractivity contribution in [1.82, 2.24) is 0 Å². The molecule has 15 heavy (non-hydrogen) atoms. The summed E-state index contributed by atoms with van der Waals surface area (Å²) in [6.45, 7) is 1.72. The number of carboxylic acid groups (broad SMARTS) is 1. The van der Waals surface area contributed by atoms with Crippen LogP contribution in [0.3, 0.4) is 0 Å². The Morgan fingerprint density at radius 2 is 2.40 bits per heavy atom. The maximum atomic E-state index is 11.6. The van der Waals surface area contributed by atoms with Gasteiger partial charge >= 0.3 is 5.97 Å². The van der Waals surface area contributed by atoms with Gasteiger partial charge in [-0.1, -0.05) is 6.92 Å². The quantitative estimate of drug-likeness (QED) is 0.834. The largest absolute Gasteiger partial charge is 0.481 e. The van der Waals surface area contributed by atoms with Crippen molar-refractivity contribution in [3.8, 4) is 0 Å². The zero-order valence-corrected chi connectivity index (χ0v) is 10.1. The molecule has 0 saturated carbocycles. The molecule has 2 atom stereocenters. The molecular formula is C10H14O3S2. The highest BCUT2D eigenvalue weighted by Gasteiger charge is 2.14. The van der Waals surface area contributed by atoms with Crippen molar-refractivity contribution in [3.63, 3.8) is 0 Å². The number of carbonyl (C=O) groups is 1. The molecule has 0 fully saturated rings. The Morgan fingerprint density at radius 1 is 1.67 bits per heavy atom. The van der Waals surface area contributed by atoms with E-state index in [1.807, 2.05) is 16.8 Å². The lowest BCUT2D eigenvalue weighted by molar-refractivity contribution is -0.136. The van der Waals surface area contributed by atoms with Crippen LogP contribution in [0.1, 0.15) is 18.9 Å². The summed E-state index contributed by atoms with van der Waals surface area (Å²) < 4.78 is 11.6. The lowest BCUT2D eigenvalue weighted by Gasteiger charge is -2.07. The Morgan fingerprint density at radius 3 is 2.93 bits per heavy atom. The fourth-order valence-electron chi connectivity index (χ4n) is 1.19. The van der Waals surface area contributed by atoms with E-state index in [-0.39, 0.29) is 11.7 Å². The van der Waals surface area contributed by atoms with E-state index in [0.29, 0.717) is 5.75 Å². The number of hydrogen-bond donors (Lipinski definition) is 1. The second kappa shape index (κ2) is 6.02. The third-order valence-corrected chi connectivity index (χ3v) is 4.49. The van der Waals surface area contributed by atoms with Crippen molar-refractivity contribution in [2.24, 2.45) is 0 Å². The summed E-state index contributed by atoms with van der Waals surface area (Å²) in [6, 6.07) is 2.00. The van der Waals surface area contributed by atoms with E-state index in [0.717, 1.165) is 6.42 Å². The summed E-state index contributed by atoms with van der Waals surface area (Å²) in [7, 11) is -1.05. The predicted molar refractivity (Wildman–Crippen MR) is 62.7 cm³/mol. The number of rotatable bonds is 6. The second-order valence-electron chi connectivity index (χ2n) is 3.37. The highest BCUT2D eigenvalue weighted by Crippen LogP contribution is 2.09. The lowest BCUT2D eigenvalue weighted by atomic mass is 10.3. The van der Waals surface area contributed by atoms with Crippen molar-refractivity contribution in [3.05, 3.63) is 22.4 Å². The van der Waals surface area contributed by atoms with E-state index in [4.69, 9.17) is 5.11 Å². The van der Waals surface area contributed by atoms with Gasteiger partial charge in [0.25, 0.3) is 0 Å². The van der Waals surface area contributed by atoms with E-state index in [9.17, 15) is 9.00 Å². The average molecular weight is 246 g/mol. The Kier molecular flexibility index (Phi) is 4.98. The summed E-state index contributed by atoms with van der Waals surface area (Å²) in [6.07, 6.45) is 0.746. The highest BCUT2D eigenvalue weighted by molar-refractivity contribution is 7.85. The predicted octanol–water partition coefficient (Wildman–Crippen LogP) is 1.90. The van der Waals surface area contributed by atoms with Gasteiger partial charge in [0.2, 0.25) is 0 Å². The molecule has 1 rings (SSSR count). The zero-order valence-electron chi connectivity index (χ0n) is 8.51. The Labute approximate surface area is 95.6 Å². The normalized spacial score (nSPS) is 14.7. The Bertz CT molecular complexity index is 332. The van der Waals surface area contributed by atoms with Gasteiger partial charge in [0.15, 0.2) is 0 Å². The number of carboxylic acids is 1. The van der Waals surface area contributed by atoms with E-state index in [1.54, 1.807) is 18.3 Å². The van der Waals surface area contributed by atoms with Crippen molar-refractivity contribution < 1.29 is 14.1 Å². The molecule has 84 valence electrons. The molecule has 2 unspecified atom stereocenters. The minimum Gasteiger partial charge on any atom is -0.481 e. The number of thiophene rings is 1. The van der Waals surface area contributed by atoms with Gasteiger partial charge in [-0.15, -0.1) is 0 Å². The van der Waals surface area contributed by atoms with Crippen LogP contribution < -0.4 is 0 Å². The Hall–Kier alpha value is -0.680. The van der Waals surface area contributed by atoms with Crippen LogP contribution in [0.4, 0.5) is 0 Å². The number of aryl methyl sites for hydroxylation is 1. The minimum atomic E-state index is -1.05. The molecule has 0 saturated heterocycles. The zero-order chi connectivity index (χ0) is 11.3. The molecule has 0 aromatic carbocycles. The molecule has 0 aliphatic heterocycles. The summed E-state index contributed by atoms with van der Waals surface area (Å²) in [5.74, 6) is -0.336. The van der Waals surface area contributed by atoms with Gasteiger partial charge in [0.1, 0.15) is 0 Å². The van der Waals surface area contributed by atoms with Crippen LogP contribution >= 0.6 is 11.3 Å². The van der Waals surface area contributed by atoms with Gasteiger partial charge < -0.3 is 5.11 Å². The van der Waals surface area contributed by atoms with Crippen LogP contribution in [0.15, 0.2) is 16.8 Å². The molecule has 0 radical (unpaired) electrons. The first-order valence-electron chi connectivity index (χ1n) is 4.69. The highest BCUT2D eigenvalue weighted by atomic mass is 32.2. The van der Waals surface area contributed by atoms with Crippen LogP contribution in [-0.4, -0.2) is 26.3 Å². The van der Waals surface area contributed by atoms with E-state index in [2.05, 4.69) is 0 Å². The first-order chi connectivity index (χ1) is 7.09. The molecule has 3 nitrogen and oxygen atoms in total. The van der Waals surface area contributed by atoms with Gasteiger partial charge in [0, 0.05) is 21.8 Å². The Balaban J connectivity index is 2.32. The van der Waals surface area contributed by atoms with E-state index < -0.39 is 16.8 Å². The van der Waals surface area contributed by atoms with Crippen molar-refractivity contribution in [2.75, 3.05) is 5.75 Å². The van der Waals surface area contributed by atoms with Gasteiger partial charge in [-0.05, 0) is 28.8 Å². The van der Waals surface area contributed by atoms with Crippen molar-refractivity contribution in [2.45, 2.75) is 25.0 Å². The molecule has 0 bridgehead atoms. The molecule has 1 aromatic heterocycles. The second-order valence-corrected chi connectivity index (χ2v) is 6.13. The fraction of sp³-hybridized carbons (Fsp3) is 0.500. The van der Waals surface area contributed by atoms with E-state index in [1.165, 1.54) is 5.56 Å². The molecule has 0 spiro atoms. The first-order valence-corrected chi connectivity index (χ1v) is 7.02. The summed E-state index contributed by atoms with van der Waals surface area (Å²) in [5, 5.41) is 12.3. The maximum Gasteiger partial charge on any atom is 0.304 e. The van der Waals surface area contributed by atoms with Crippen LogP contribution in [0, 0.1) is 0 Å². The number of hydrogen-bond acceptors (Lipinski definition) is 3. The number of aliphatic carboxylic acids is 1. The van der Waals surface area contributed by atoms with Gasteiger partial charge in [-0.3, -0.25) is 9.00 Å². The van der Waals surface area contributed by atoms with E-state index >= 15 is 0 Å². The molecular weight excluding hydrogens is 232 g/mol. The van der Waals surface area contributed by atoms with Crippen molar-refractivity contribution in [1.29, 1.82) is 0 Å². The van der Waals surface area contributed by atoms with Crippen LogP contribution in [0.5, 0.6) is 0 Å². The van der Waals surface area contributed by atoms with Crippen molar-refractivity contribution >= 4 is 28.1 Å². The topological polar surface area (TPSA) is 54.4 Å². The molecule has 1 heterocycles. The van der Waals surface area contributed by atoms with Crippen LogP contribution in [0.25, 0.3) is 0 Å². The smallest absolute Gasteiger partial charge is 0.304 e. The molecule has 1 aromatic rings. The SMILES string of the molecule is CC(CC(=O)O)S(=O)CCc1ccsc1. The summed E-state index contributed by atoms with van der Waals surface area (Å²) in [5.41, 5.74) is 1.18. The molecule has 0 amide bonds. The fourth-order valence-corrected chi connectivity index (χ4v) is 3.06. The third-order valence-electron chi connectivity index (χ3n) is 2.08. The third kappa shape index (κ3) is 4.57. The molecule has 0 aliphatic carbocycles. The summed E-state index contributed by atoms with van der Waals surface area (Å²) >= 11 is 1.62. The molecule has 1 N–H and O–H groups in total.